The number of hydrogen-bond acceptors (Lipinski definition) is 2. The summed E-state index contributed by atoms with van der Waals surface area (Å²) in [4.78, 5) is 18.1. The van der Waals surface area contributed by atoms with Crippen LogP contribution in [-0.4, -0.2) is 36.4 Å². The fourth-order valence-electron chi connectivity index (χ4n) is 3.57. The smallest absolute Gasteiger partial charge is 0.222 e. The number of benzene rings is 2. The Morgan fingerprint density at radius 2 is 1.79 bits per heavy atom. The van der Waals surface area contributed by atoms with E-state index in [1.165, 1.54) is 16.7 Å². The van der Waals surface area contributed by atoms with Crippen LogP contribution in [-0.2, 0) is 24.3 Å². The van der Waals surface area contributed by atoms with E-state index >= 15 is 0 Å². The van der Waals surface area contributed by atoms with Gasteiger partial charge >= 0.3 is 0 Å². The number of aliphatic imine (C=N–C) groups is 1. The first-order valence-corrected chi connectivity index (χ1v) is 10.5. The van der Waals surface area contributed by atoms with Crippen LogP contribution in [0.5, 0.6) is 0 Å². The Morgan fingerprint density at radius 1 is 1.07 bits per heavy atom. The lowest BCUT2D eigenvalue weighted by molar-refractivity contribution is -0.128. The number of nitrogens with one attached hydrogen (secondary N) is 2. The molecule has 2 aromatic carbocycles. The summed E-state index contributed by atoms with van der Waals surface area (Å²) in [6.45, 7) is 4.50. The van der Waals surface area contributed by atoms with E-state index < -0.39 is 0 Å². The molecule has 1 fully saturated rings. The third-order valence-corrected chi connectivity index (χ3v) is 5.34. The average Bonchev–Trinajstić information content (AvgIpc) is 3.15. The molecule has 1 saturated heterocycles. The van der Waals surface area contributed by atoms with Gasteiger partial charge in [-0.3, -0.25) is 9.79 Å². The van der Waals surface area contributed by atoms with Crippen LogP contribution in [0.1, 0.15) is 42.9 Å². The van der Waals surface area contributed by atoms with Crippen LogP contribution in [0.3, 0.4) is 0 Å². The van der Waals surface area contributed by atoms with Crippen molar-refractivity contribution in [2.75, 3.05) is 13.6 Å². The maximum atomic E-state index is 11.8. The Kier molecular flexibility index (Phi) is 7.68. The quantitative estimate of drug-likeness (QED) is 0.534. The summed E-state index contributed by atoms with van der Waals surface area (Å²) >= 11 is 0. The topological polar surface area (TPSA) is 56.7 Å². The standard InChI is InChI=1S/C24H32N4O/c1-19(10-11-20-7-4-3-5-8-20)27-24(25-2)26-17-21-12-14-22(15-13-21)18-28-16-6-9-23(28)29/h3-5,7-8,12-15,19H,6,9-11,16-18H2,1-2H3,(H2,25,26,27). The van der Waals surface area contributed by atoms with Gasteiger partial charge in [-0.25, -0.2) is 0 Å². The van der Waals surface area contributed by atoms with Crippen molar-refractivity contribution in [3.63, 3.8) is 0 Å². The number of hydrogen-bond donors (Lipinski definition) is 2. The molecule has 2 aromatic rings. The van der Waals surface area contributed by atoms with E-state index in [0.29, 0.717) is 25.6 Å². The van der Waals surface area contributed by atoms with Crippen LogP contribution in [0.25, 0.3) is 0 Å². The van der Waals surface area contributed by atoms with Crippen LogP contribution < -0.4 is 10.6 Å². The Labute approximate surface area is 174 Å². The molecule has 0 radical (unpaired) electrons. The van der Waals surface area contributed by atoms with Gasteiger partial charge in [0, 0.05) is 39.1 Å². The normalized spacial score (nSPS) is 15.4. The van der Waals surface area contributed by atoms with E-state index in [0.717, 1.165) is 31.8 Å². The van der Waals surface area contributed by atoms with Gasteiger partial charge in [0.2, 0.25) is 5.91 Å². The molecule has 5 nitrogen and oxygen atoms in total. The summed E-state index contributed by atoms with van der Waals surface area (Å²) in [6, 6.07) is 19.4. The molecule has 0 spiro atoms. The van der Waals surface area contributed by atoms with Gasteiger partial charge in [0.1, 0.15) is 0 Å². The largest absolute Gasteiger partial charge is 0.354 e. The van der Waals surface area contributed by atoms with E-state index in [9.17, 15) is 4.79 Å². The number of nitrogens with zero attached hydrogens (tertiary/aromatic N) is 2. The van der Waals surface area contributed by atoms with Gasteiger partial charge in [-0.05, 0) is 42.9 Å². The maximum absolute atomic E-state index is 11.8. The predicted octanol–water partition coefficient (Wildman–Crippen LogP) is 3.50. The van der Waals surface area contributed by atoms with Gasteiger partial charge in [-0.15, -0.1) is 0 Å². The van der Waals surface area contributed by atoms with E-state index in [1.54, 1.807) is 7.05 Å². The first-order chi connectivity index (χ1) is 14.1. The fraction of sp³-hybridized carbons (Fsp3) is 0.417. The summed E-state index contributed by atoms with van der Waals surface area (Å²) in [6.07, 6.45) is 3.77. The molecule has 29 heavy (non-hydrogen) atoms. The lowest BCUT2D eigenvalue weighted by Crippen LogP contribution is -2.42. The Balaban J connectivity index is 1.42. The summed E-state index contributed by atoms with van der Waals surface area (Å²) in [7, 11) is 1.80. The highest BCUT2D eigenvalue weighted by Gasteiger charge is 2.19. The highest BCUT2D eigenvalue weighted by Crippen LogP contribution is 2.14. The average molecular weight is 393 g/mol. The SMILES string of the molecule is CN=C(NCc1ccc(CN2CCCC2=O)cc1)NC(C)CCc1ccccc1. The second-order valence-electron chi connectivity index (χ2n) is 7.73. The Hall–Kier alpha value is -2.82. The second kappa shape index (κ2) is 10.6. The molecule has 0 aliphatic carbocycles. The number of carbonyl (C=O) groups excluding carboxylic acids is 1. The highest BCUT2D eigenvalue weighted by molar-refractivity contribution is 5.80. The number of carbonyl (C=O) groups is 1. The molecule has 5 heteroatoms. The number of likely N-dealkylation sites (tertiary alicyclic amines) is 1. The molecule has 0 aromatic heterocycles. The van der Waals surface area contributed by atoms with Crippen molar-refractivity contribution in [1.82, 2.24) is 15.5 Å². The number of aryl methyl sites for hydroxylation is 1. The molecule has 0 saturated carbocycles. The fourth-order valence-corrected chi connectivity index (χ4v) is 3.57. The molecule has 1 aliphatic heterocycles. The third kappa shape index (κ3) is 6.63. The van der Waals surface area contributed by atoms with Gasteiger partial charge in [-0.2, -0.15) is 0 Å². The van der Waals surface area contributed by atoms with Crippen molar-refractivity contribution in [1.29, 1.82) is 0 Å². The zero-order valence-electron chi connectivity index (χ0n) is 17.5. The first kappa shape index (κ1) is 20.9. The molecule has 1 amide bonds. The Morgan fingerprint density at radius 3 is 2.45 bits per heavy atom. The number of amides is 1. The van der Waals surface area contributed by atoms with E-state index in [-0.39, 0.29) is 5.91 Å². The molecule has 154 valence electrons. The minimum atomic E-state index is 0.270. The lowest BCUT2D eigenvalue weighted by atomic mass is 10.1. The molecule has 1 aliphatic rings. The van der Waals surface area contributed by atoms with Gasteiger partial charge in [0.25, 0.3) is 0 Å². The molecule has 1 atom stereocenters. The summed E-state index contributed by atoms with van der Waals surface area (Å²) in [5.41, 5.74) is 3.74. The summed E-state index contributed by atoms with van der Waals surface area (Å²) in [5, 5.41) is 6.86. The van der Waals surface area contributed by atoms with Crippen LogP contribution in [0, 0.1) is 0 Å². The van der Waals surface area contributed by atoms with Crippen molar-refractivity contribution in [2.45, 2.75) is 51.7 Å². The highest BCUT2D eigenvalue weighted by atomic mass is 16.2. The van der Waals surface area contributed by atoms with Gasteiger partial charge in [-0.1, -0.05) is 54.6 Å². The minimum Gasteiger partial charge on any atom is -0.354 e. The van der Waals surface area contributed by atoms with Crippen molar-refractivity contribution in [2.24, 2.45) is 4.99 Å². The zero-order chi connectivity index (χ0) is 20.5. The van der Waals surface area contributed by atoms with Crippen LogP contribution in [0.15, 0.2) is 59.6 Å². The molecule has 3 rings (SSSR count). The molecule has 0 bridgehead atoms. The second-order valence-corrected chi connectivity index (χ2v) is 7.73. The van der Waals surface area contributed by atoms with Gasteiger partial charge in [0.15, 0.2) is 5.96 Å². The van der Waals surface area contributed by atoms with Crippen molar-refractivity contribution >= 4 is 11.9 Å². The molecule has 1 heterocycles. The zero-order valence-corrected chi connectivity index (χ0v) is 17.5. The monoisotopic (exact) mass is 392 g/mol. The van der Waals surface area contributed by atoms with Crippen LogP contribution in [0.2, 0.25) is 0 Å². The van der Waals surface area contributed by atoms with E-state index in [4.69, 9.17) is 0 Å². The van der Waals surface area contributed by atoms with Crippen molar-refractivity contribution in [3.05, 3.63) is 71.3 Å². The van der Waals surface area contributed by atoms with Gasteiger partial charge < -0.3 is 15.5 Å². The first-order valence-electron chi connectivity index (χ1n) is 10.5. The predicted molar refractivity (Wildman–Crippen MR) is 119 cm³/mol. The number of guanidine groups is 1. The van der Waals surface area contributed by atoms with Crippen molar-refractivity contribution in [3.8, 4) is 0 Å². The third-order valence-electron chi connectivity index (χ3n) is 5.34. The Bertz CT molecular complexity index is 801. The maximum Gasteiger partial charge on any atom is 0.222 e. The van der Waals surface area contributed by atoms with Crippen LogP contribution >= 0.6 is 0 Å². The van der Waals surface area contributed by atoms with Crippen LogP contribution in [0.4, 0.5) is 0 Å². The number of rotatable bonds is 8. The molecular weight excluding hydrogens is 360 g/mol. The van der Waals surface area contributed by atoms with Crippen molar-refractivity contribution < 1.29 is 4.79 Å². The van der Waals surface area contributed by atoms with E-state index in [1.807, 2.05) is 4.90 Å². The summed E-state index contributed by atoms with van der Waals surface area (Å²) < 4.78 is 0. The van der Waals surface area contributed by atoms with Gasteiger partial charge in [0.05, 0.1) is 0 Å². The minimum absolute atomic E-state index is 0.270. The molecule has 1 unspecified atom stereocenters. The molecule has 2 N–H and O–H groups in total. The summed E-state index contributed by atoms with van der Waals surface area (Å²) in [5.74, 6) is 1.09. The molecular formula is C24H32N4O. The lowest BCUT2D eigenvalue weighted by Gasteiger charge is -2.18. The van der Waals surface area contributed by atoms with E-state index in [2.05, 4.69) is 77.1 Å².